The highest BCUT2D eigenvalue weighted by atomic mass is 35.5. The minimum absolute atomic E-state index is 0. The molecule has 2 aliphatic heterocycles. The number of nitrogens with one attached hydrogen (secondary N) is 1. The molecule has 5 nitrogen and oxygen atoms in total. The monoisotopic (exact) mass is 297 g/mol. The number of rotatable bonds is 2. The first-order valence-corrected chi connectivity index (χ1v) is 7.92. The van der Waals surface area contributed by atoms with Gasteiger partial charge >= 0.3 is 0 Å². The van der Waals surface area contributed by atoms with E-state index in [2.05, 4.69) is 5.32 Å². The van der Waals surface area contributed by atoms with Gasteiger partial charge in [-0.1, -0.05) is 6.42 Å². The summed E-state index contributed by atoms with van der Waals surface area (Å²) in [6.45, 7) is 6.71. The summed E-state index contributed by atoms with van der Waals surface area (Å²) in [5, 5.41) is 3.31. The summed E-state index contributed by atoms with van der Waals surface area (Å²) in [6.07, 6.45) is 3.14. The first-order valence-electron chi connectivity index (χ1n) is 6.52. The van der Waals surface area contributed by atoms with Crippen LogP contribution in [0.1, 0.15) is 33.1 Å². The van der Waals surface area contributed by atoms with Crippen molar-refractivity contribution < 1.29 is 8.42 Å². The van der Waals surface area contributed by atoms with E-state index in [4.69, 9.17) is 0 Å². The smallest absolute Gasteiger partial charge is 0.282 e. The topological polar surface area (TPSA) is 52.7 Å². The largest absolute Gasteiger partial charge is 0.311 e. The highest BCUT2D eigenvalue weighted by molar-refractivity contribution is 7.86. The van der Waals surface area contributed by atoms with Crippen LogP contribution in [0.4, 0.5) is 0 Å². The van der Waals surface area contributed by atoms with Gasteiger partial charge in [0, 0.05) is 38.3 Å². The molecule has 7 heteroatoms. The molecular formula is C11H24ClN3O2S. The molecule has 0 saturated carbocycles. The molecule has 2 heterocycles. The Balaban J connectivity index is 0.00000162. The van der Waals surface area contributed by atoms with Crippen LogP contribution < -0.4 is 5.32 Å². The molecule has 2 rings (SSSR count). The second-order valence-electron chi connectivity index (χ2n) is 5.20. The Morgan fingerprint density at radius 2 is 1.72 bits per heavy atom. The Morgan fingerprint density at radius 1 is 1.11 bits per heavy atom. The maximum absolute atomic E-state index is 12.5. The first-order chi connectivity index (χ1) is 8.01. The van der Waals surface area contributed by atoms with Crippen LogP contribution >= 0.6 is 12.4 Å². The number of piperazine rings is 1. The van der Waals surface area contributed by atoms with Gasteiger partial charge in [-0.2, -0.15) is 17.0 Å². The Labute approximate surface area is 116 Å². The van der Waals surface area contributed by atoms with E-state index in [1.165, 1.54) is 0 Å². The molecular weight excluding hydrogens is 274 g/mol. The van der Waals surface area contributed by atoms with Gasteiger partial charge < -0.3 is 5.32 Å². The Bertz CT molecular complexity index is 357. The van der Waals surface area contributed by atoms with Gasteiger partial charge in [-0.15, -0.1) is 12.4 Å². The van der Waals surface area contributed by atoms with Crippen molar-refractivity contribution in [3.05, 3.63) is 0 Å². The lowest BCUT2D eigenvalue weighted by Crippen LogP contribution is -2.59. The minimum atomic E-state index is -3.24. The zero-order valence-electron chi connectivity index (χ0n) is 11.1. The second-order valence-corrected chi connectivity index (χ2v) is 7.08. The Morgan fingerprint density at radius 3 is 2.33 bits per heavy atom. The molecule has 2 aliphatic rings. The van der Waals surface area contributed by atoms with Gasteiger partial charge in [-0.05, 0) is 26.7 Å². The van der Waals surface area contributed by atoms with Crippen molar-refractivity contribution >= 4 is 22.6 Å². The van der Waals surface area contributed by atoms with Crippen LogP contribution in [0.2, 0.25) is 0 Å². The fourth-order valence-electron chi connectivity index (χ4n) is 2.55. The Kier molecular flexibility index (Phi) is 5.86. The van der Waals surface area contributed by atoms with Crippen molar-refractivity contribution in [2.24, 2.45) is 0 Å². The molecule has 2 atom stereocenters. The quantitative estimate of drug-likeness (QED) is 0.821. The lowest BCUT2D eigenvalue weighted by molar-refractivity contribution is 0.219. The summed E-state index contributed by atoms with van der Waals surface area (Å²) >= 11 is 0. The van der Waals surface area contributed by atoms with Crippen molar-refractivity contribution in [2.75, 3.05) is 26.2 Å². The molecule has 0 aromatic carbocycles. The SMILES string of the molecule is CC1CN(S(=O)(=O)N2CCCCC2)C(C)CN1.Cl. The van der Waals surface area contributed by atoms with Gasteiger partial charge in [-0.25, -0.2) is 0 Å². The van der Waals surface area contributed by atoms with E-state index in [0.29, 0.717) is 19.6 Å². The van der Waals surface area contributed by atoms with E-state index in [1.807, 2.05) is 13.8 Å². The Hall–Kier alpha value is 0.120. The predicted molar refractivity (Wildman–Crippen MR) is 75.2 cm³/mol. The van der Waals surface area contributed by atoms with Gasteiger partial charge in [0.05, 0.1) is 0 Å². The highest BCUT2D eigenvalue weighted by Gasteiger charge is 2.36. The molecule has 0 spiro atoms. The molecule has 18 heavy (non-hydrogen) atoms. The lowest BCUT2D eigenvalue weighted by Gasteiger charge is -2.40. The van der Waals surface area contributed by atoms with Gasteiger partial charge in [0.1, 0.15) is 0 Å². The molecule has 2 fully saturated rings. The maximum Gasteiger partial charge on any atom is 0.282 e. The molecule has 0 aromatic rings. The number of nitrogens with zero attached hydrogens (tertiary/aromatic N) is 2. The van der Waals surface area contributed by atoms with Crippen LogP contribution in [-0.4, -0.2) is 55.3 Å². The summed E-state index contributed by atoms with van der Waals surface area (Å²) < 4.78 is 28.4. The molecule has 2 saturated heterocycles. The fraction of sp³-hybridized carbons (Fsp3) is 1.00. The normalized spacial score (nSPS) is 31.9. The van der Waals surface area contributed by atoms with Gasteiger partial charge in [0.25, 0.3) is 10.2 Å². The number of halogens is 1. The van der Waals surface area contributed by atoms with E-state index < -0.39 is 10.2 Å². The predicted octanol–water partition coefficient (Wildman–Crippen LogP) is 0.821. The van der Waals surface area contributed by atoms with Crippen LogP contribution in [0.25, 0.3) is 0 Å². The van der Waals surface area contributed by atoms with Crippen LogP contribution in [0.15, 0.2) is 0 Å². The summed E-state index contributed by atoms with van der Waals surface area (Å²) in [5.74, 6) is 0. The lowest BCUT2D eigenvalue weighted by atomic mass is 10.2. The van der Waals surface area contributed by atoms with E-state index >= 15 is 0 Å². The first kappa shape index (κ1) is 16.2. The average molecular weight is 298 g/mol. The van der Waals surface area contributed by atoms with Crippen molar-refractivity contribution in [3.8, 4) is 0 Å². The zero-order chi connectivity index (χ0) is 12.5. The molecule has 0 amide bonds. The van der Waals surface area contributed by atoms with Crippen LogP contribution in [0, 0.1) is 0 Å². The standard InChI is InChI=1S/C11H23N3O2S.ClH/c1-10-9-14(11(2)8-12-10)17(15,16)13-6-4-3-5-7-13;/h10-12H,3-9H2,1-2H3;1H. The number of hydrogen-bond acceptors (Lipinski definition) is 3. The van der Waals surface area contributed by atoms with Crippen LogP contribution in [-0.2, 0) is 10.2 Å². The molecule has 108 valence electrons. The molecule has 1 N–H and O–H groups in total. The van der Waals surface area contributed by atoms with Crippen molar-refractivity contribution in [1.82, 2.24) is 13.9 Å². The number of piperidine rings is 1. The van der Waals surface area contributed by atoms with Crippen molar-refractivity contribution in [3.63, 3.8) is 0 Å². The van der Waals surface area contributed by atoms with E-state index in [-0.39, 0.29) is 24.5 Å². The van der Waals surface area contributed by atoms with Gasteiger partial charge in [0.15, 0.2) is 0 Å². The molecule has 0 aliphatic carbocycles. The van der Waals surface area contributed by atoms with Crippen LogP contribution in [0.5, 0.6) is 0 Å². The maximum atomic E-state index is 12.5. The van der Waals surface area contributed by atoms with Gasteiger partial charge in [-0.3, -0.25) is 0 Å². The summed E-state index contributed by atoms with van der Waals surface area (Å²) in [7, 11) is -3.24. The summed E-state index contributed by atoms with van der Waals surface area (Å²) in [4.78, 5) is 0. The fourth-order valence-corrected chi connectivity index (χ4v) is 4.51. The van der Waals surface area contributed by atoms with Crippen molar-refractivity contribution in [1.29, 1.82) is 0 Å². The molecule has 0 aromatic heterocycles. The summed E-state index contributed by atoms with van der Waals surface area (Å²) in [5.41, 5.74) is 0. The minimum Gasteiger partial charge on any atom is -0.311 e. The van der Waals surface area contributed by atoms with E-state index in [1.54, 1.807) is 8.61 Å². The zero-order valence-corrected chi connectivity index (χ0v) is 12.8. The van der Waals surface area contributed by atoms with E-state index in [0.717, 1.165) is 25.8 Å². The average Bonchev–Trinajstić information content (AvgIpc) is 2.33. The third kappa shape index (κ3) is 3.36. The van der Waals surface area contributed by atoms with Gasteiger partial charge in [0.2, 0.25) is 0 Å². The molecule has 2 unspecified atom stereocenters. The molecule has 0 radical (unpaired) electrons. The molecule has 0 bridgehead atoms. The summed E-state index contributed by atoms with van der Waals surface area (Å²) in [6, 6.07) is 0.295. The second kappa shape index (κ2) is 6.52. The van der Waals surface area contributed by atoms with Crippen LogP contribution in [0.3, 0.4) is 0 Å². The third-order valence-electron chi connectivity index (χ3n) is 3.64. The van der Waals surface area contributed by atoms with E-state index in [9.17, 15) is 8.42 Å². The number of hydrogen-bond donors (Lipinski definition) is 1. The van der Waals surface area contributed by atoms with Crippen molar-refractivity contribution in [2.45, 2.75) is 45.2 Å². The highest BCUT2D eigenvalue weighted by Crippen LogP contribution is 2.20. The third-order valence-corrected chi connectivity index (χ3v) is 5.76.